The lowest BCUT2D eigenvalue weighted by atomic mass is 10.8. The Morgan fingerprint density at radius 2 is 2.14 bits per heavy atom. The maximum Gasteiger partial charge on any atom is 0.316 e. The smallest absolute Gasteiger partial charge is 0.316 e. The summed E-state index contributed by atoms with van der Waals surface area (Å²) in [6, 6.07) is 0. The first kappa shape index (κ1) is 11.4. The van der Waals surface area contributed by atoms with E-state index in [0.717, 1.165) is 10.3 Å². The van der Waals surface area contributed by atoms with Crippen molar-refractivity contribution in [3.05, 3.63) is 0 Å². The topological polar surface area (TPSA) is 57.0 Å². The number of hydrogen-bond donors (Lipinski definition) is 0. The standard InChI is InChI=1S/C7H11N3O2S2/c1-10-6(13-3)8-9-7(10)14-4-5(11)12-2/h4H2,1-3H3. The van der Waals surface area contributed by atoms with Gasteiger partial charge in [-0.2, -0.15) is 0 Å². The van der Waals surface area contributed by atoms with E-state index in [1.165, 1.54) is 30.6 Å². The summed E-state index contributed by atoms with van der Waals surface area (Å²) >= 11 is 2.83. The van der Waals surface area contributed by atoms with Gasteiger partial charge in [-0.05, 0) is 6.26 Å². The molecular formula is C7H11N3O2S2. The first-order valence-electron chi connectivity index (χ1n) is 3.82. The van der Waals surface area contributed by atoms with Gasteiger partial charge in [0.1, 0.15) is 0 Å². The highest BCUT2D eigenvalue weighted by Gasteiger charge is 2.10. The van der Waals surface area contributed by atoms with Gasteiger partial charge in [0.25, 0.3) is 0 Å². The number of esters is 1. The van der Waals surface area contributed by atoms with Gasteiger partial charge in [-0.1, -0.05) is 23.5 Å². The normalized spacial score (nSPS) is 10.2. The van der Waals surface area contributed by atoms with E-state index in [4.69, 9.17) is 0 Å². The number of methoxy groups -OCH3 is 1. The molecule has 1 heterocycles. The van der Waals surface area contributed by atoms with Crippen LogP contribution in [0.2, 0.25) is 0 Å². The molecule has 0 atom stereocenters. The minimum atomic E-state index is -0.260. The van der Waals surface area contributed by atoms with Crippen LogP contribution in [0.25, 0.3) is 0 Å². The molecule has 1 aromatic heterocycles. The van der Waals surface area contributed by atoms with Gasteiger partial charge in [-0.25, -0.2) is 0 Å². The minimum Gasteiger partial charge on any atom is -0.468 e. The molecule has 1 aromatic rings. The Labute approximate surface area is 90.6 Å². The number of nitrogens with zero attached hydrogens (tertiary/aromatic N) is 3. The van der Waals surface area contributed by atoms with Crippen LogP contribution in [0.4, 0.5) is 0 Å². The van der Waals surface area contributed by atoms with Gasteiger partial charge in [0.15, 0.2) is 10.3 Å². The summed E-state index contributed by atoms with van der Waals surface area (Å²) in [5.41, 5.74) is 0. The molecule has 0 saturated carbocycles. The van der Waals surface area contributed by atoms with E-state index in [9.17, 15) is 4.79 Å². The molecule has 0 bridgehead atoms. The highest BCUT2D eigenvalue weighted by molar-refractivity contribution is 8.00. The molecule has 0 aliphatic heterocycles. The molecule has 0 unspecified atom stereocenters. The summed E-state index contributed by atoms with van der Waals surface area (Å²) < 4.78 is 6.37. The third-order valence-corrected chi connectivity index (χ3v) is 3.24. The Hall–Kier alpha value is -0.690. The largest absolute Gasteiger partial charge is 0.468 e. The molecule has 0 amide bonds. The van der Waals surface area contributed by atoms with E-state index in [1.807, 2.05) is 17.9 Å². The average molecular weight is 233 g/mol. The van der Waals surface area contributed by atoms with Crippen LogP contribution in [-0.4, -0.2) is 39.9 Å². The molecule has 0 aliphatic rings. The van der Waals surface area contributed by atoms with Crippen LogP contribution in [0.1, 0.15) is 0 Å². The van der Waals surface area contributed by atoms with Gasteiger partial charge in [0.2, 0.25) is 0 Å². The van der Waals surface area contributed by atoms with Crippen LogP contribution in [0.3, 0.4) is 0 Å². The fourth-order valence-corrected chi connectivity index (χ4v) is 2.07. The molecule has 0 fully saturated rings. The number of hydrogen-bond acceptors (Lipinski definition) is 6. The van der Waals surface area contributed by atoms with Crippen LogP contribution in [-0.2, 0) is 16.6 Å². The van der Waals surface area contributed by atoms with Crippen molar-refractivity contribution in [1.29, 1.82) is 0 Å². The predicted octanol–water partition coefficient (Wildman–Crippen LogP) is 0.802. The van der Waals surface area contributed by atoms with Crippen molar-refractivity contribution in [2.24, 2.45) is 7.05 Å². The van der Waals surface area contributed by atoms with E-state index in [1.54, 1.807) is 0 Å². The molecule has 0 N–H and O–H groups in total. The van der Waals surface area contributed by atoms with E-state index in [0.29, 0.717) is 0 Å². The SMILES string of the molecule is COC(=O)CSc1nnc(SC)n1C. The lowest BCUT2D eigenvalue weighted by Crippen LogP contribution is -2.04. The summed E-state index contributed by atoms with van der Waals surface area (Å²) in [6.07, 6.45) is 1.93. The molecule has 0 spiro atoms. The summed E-state index contributed by atoms with van der Waals surface area (Å²) in [5.74, 6) is 0.000307. The van der Waals surface area contributed by atoms with Crippen molar-refractivity contribution in [3.63, 3.8) is 0 Å². The molecule has 0 saturated heterocycles. The second-order valence-electron chi connectivity index (χ2n) is 2.39. The van der Waals surface area contributed by atoms with Crippen molar-refractivity contribution in [2.45, 2.75) is 10.3 Å². The number of carbonyl (C=O) groups is 1. The molecule has 1 rings (SSSR count). The van der Waals surface area contributed by atoms with Crippen molar-refractivity contribution in [2.75, 3.05) is 19.1 Å². The van der Waals surface area contributed by atoms with Crippen molar-refractivity contribution >= 4 is 29.5 Å². The summed E-state index contributed by atoms with van der Waals surface area (Å²) in [7, 11) is 3.23. The van der Waals surface area contributed by atoms with Crippen LogP contribution in [0.15, 0.2) is 10.3 Å². The average Bonchev–Trinajstić information content (AvgIpc) is 2.56. The molecule has 7 heteroatoms. The molecule has 0 radical (unpaired) electrons. The van der Waals surface area contributed by atoms with Crippen molar-refractivity contribution < 1.29 is 9.53 Å². The third-order valence-electron chi connectivity index (χ3n) is 1.52. The zero-order valence-electron chi connectivity index (χ0n) is 8.18. The second-order valence-corrected chi connectivity index (χ2v) is 4.11. The Balaban J connectivity index is 2.59. The second kappa shape index (κ2) is 5.26. The molecular weight excluding hydrogens is 222 g/mol. The third kappa shape index (κ3) is 2.65. The highest BCUT2D eigenvalue weighted by atomic mass is 32.2. The lowest BCUT2D eigenvalue weighted by molar-refractivity contribution is -0.137. The van der Waals surface area contributed by atoms with Gasteiger partial charge in [-0.15, -0.1) is 10.2 Å². The molecule has 78 valence electrons. The first-order valence-corrected chi connectivity index (χ1v) is 6.03. The van der Waals surface area contributed by atoms with Crippen LogP contribution in [0.5, 0.6) is 0 Å². The maximum atomic E-state index is 10.9. The number of aromatic nitrogens is 3. The summed E-state index contributed by atoms with van der Waals surface area (Å²) in [6.45, 7) is 0. The van der Waals surface area contributed by atoms with Crippen molar-refractivity contribution in [1.82, 2.24) is 14.8 Å². The Morgan fingerprint density at radius 3 is 2.64 bits per heavy atom. The van der Waals surface area contributed by atoms with Gasteiger partial charge >= 0.3 is 5.97 Å². The number of rotatable bonds is 4. The summed E-state index contributed by atoms with van der Waals surface area (Å²) in [5, 5.41) is 9.43. The number of ether oxygens (including phenoxy) is 1. The molecule has 14 heavy (non-hydrogen) atoms. The molecule has 5 nitrogen and oxygen atoms in total. The molecule has 0 aliphatic carbocycles. The van der Waals surface area contributed by atoms with E-state index < -0.39 is 0 Å². The van der Waals surface area contributed by atoms with Crippen LogP contribution < -0.4 is 0 Å². The van der Waals surface area contributed by atoms with E-state index in [2.05, 4.69) is 14.9 Å². The fraction of sp³-hybridized carbons (Fsp3) is 0.571. The van der Waals surface area contributed by atoms with Crippen molar-refractivity contribution in [3.8, 4) is 0 Å². The fourth-order valence-electron chi connectivity index (χ4n) is 0.787. The van der Waals surface area contributed by atoms with Gasteiger partial charge in [0.05, 0.1) is 12.9 Å². The van der Waals surface area contributed by atoms with Gasteiger partial charge in [-0.3, -0.25) is 4.79 Å². The Bertz CT molecular complexity index is 327. The van der Waals surface area contributed by atoms with Crippen LogP contribution in [0, 0.1) is 0 Å². The maximum absolute atomic E-state index is 10.9. The molecule has 0 aromatic carbocycles. The van der Waals surface area contributed by atoms with E-state index in [-0.39, 0.29) is 11.7 Å². The Morgan fingerprint density at radius 1 is 1.50 bits per heavy atom. The Kier molecular flexibility index (Phi) is 4.27. The van der Waals surface area contributed by atoms with Gasteiger partial charge < -0.3 is 9.30 Å². The number of thioether (sulfide) groups is 2. The predicted molar refractivity (Wildman–Crippen MR) is 55.5 cm³/mol. The van der Waals surface area contributed by atoms with E-state index >= 15 is 0 Å². The lowest BCUT2D eigenvalue weighted by Gasteiger charge is -2.00. The van der Waals surface area contributed by atoms with Gasteiger partial charge in [0, 0.05) is 7.05 Å². The first-order chi connectivity index (χ1) is 6.69. The quantitative estimate of drug-likeness (QED) is 0.566. The zero-order valence-corrected chi connectivity index (χ0v) is 9.81. The monoisotopic (exact) mass is 233 g/mol. The highest BCUT2D eigenvalue weighted by Crippen LogP contribution is 2.19. The van der Waals surface area contributed by atoms with Crippen LogP contribution >= 0.6 is 23.5 Å². The summed E-state index contributed by atoms with van der Waals surface area (Å²) in [4.78, 5) is 10.9. The number of carbonyl (C=O) groups excluding carboxylic acids is 1. The zero-order chi connectivity index (χ0) is 10.6. The minimum absolute atomic E-state index is 0.260.